The van der Waals surface area contributed by atoms with Crippen molar-refractivity contribution in [3.63, 3.8) is 0 Å². The molecule has 3 aromatic rings. The molecule has 0 saturated carbocycles. The molecule has 27 heavy (non-hydrogen) atoms. The molecule has 0 aliphatic heterocycles. The molecule has 0 radical (unpaired) electrons. The van der Waals surface area contributed by atoms with E-state index in [2.05, 4.69) is 34.2 Å². The van der Waals surface area contributed by atoms with Crippen molar-refractivity contribution in [1.29, 1.82) is 0 Å². The largest absolute Gasteiger partial charge is 0.465 e. The smallest absolute Gasteiger partial charge is 0.348 e. The highest BCUT2D eigenvalue weighted by Crippen LogP contribution is 2.36. The number of aromatic nitrogens is 4. The molecule has 0 aliphatic carbocycles. The van der Waals surface area contributed by atoms with Crippen LogP contribution >= 0.6 is 11.3 Å². The van der Waals surface area contributed by atoms with Gasteiger partial charge in [0.25, 0.3) is 0 Å². The van der Waals surface area contributed by atoms with E-state index in [-0.39, 0.29) is 12.0 Å². The highest BCUT2D eigenvalue weighted by Gasteiger charge is 2.24. The van der Waals surface area contributed by atoms with E-state index < -0.39 is 0 Å². The Morgan fingerprint density at radius 2 is 1.96 bits per heavy atom. The highest BCUT2D eigenvalue weighted by molar-refractivity contribution is 7.20. The van der Waals surface area contributed by atoms with Crippen molar-refractivity contribution >= 4 is 33.3 Å². The number of hydrogen-bond donors (Lipinski definition) is 1. The number of rotatable bonds is 5. The minimum absolute atomic E-state index is 0.0667. The number of anilines is 1. The molecule has 7 nitrogen and oxygen atoms in total. The van der Waals surface area contributed by atoms with Gasteiger partial charge in [-0.2, -0.15) is 5.10 Å². The van der Waals surface area contributed by atoms with Gasteiger partial charge in [0, 0.05) is 18.3 Å². The average Bonchev–Trinajstić information content (AvgIpc) is 3.08. The molecule has 0 aromatic carbocycles. The highest BCUT2D eigenvalue weighted by atomic mass is 32.1. The quantitative estimate of drug-likeness (QED) is 0.666. The number of esters is 1. The molecule has 1 N–H and O–H groups in total. The number of aryl methyl sites for hydroxylation is 4. The van der Waals surface area contributed by atoms with Gasteiger partial charge in [-0.05, 0) is 39.7 Å². The number of fused-ring (bicyclic) bond motifs is 1. The van der Waals surface area contributed by atoms with E-state index in [1.54, 1.807) is 0 Å². The summed E-state index contributed by atoms with van der Waals surface area (Å²) in [6.45, 7) is 10.0. The number of thiophene rings is 1. The van der Waals surface area contributed by atoms with E-state index in [0.717, 1.165) is 39.4 Å². The first-order valence-corrected chi connectivity index (χ1v) is 9.72. The van der Waals surface area contributed by atoms with Gasteiger partial charge >= 0.3 is 5.97 Å². The molecule has 8 heteroatoms. The second kappa shape index (κ2) is 7.26. The van der Waals surface area contributed by atoms with Gasteiger partial charge in [-0.15, -0.1) is 11.3 Å². The maximum absolute atomic E-state index is 12.1. The molecule has 3 rings (SSSR count). The number of ether oxygens (including phenoxy) is 1. The van der Waals surface area contributed by atoms with E-state index in [1.165, 1.54) is 24.0 Å². The summed E-state index contributed by atoms with van der Waals surface area (Å²) in [5.41, 5.74) is 4.17. The minimum atomic E-state index is -0.343. The Morgan fingerprint density at radius 1 is 1.26 bits per heavy atom. The van der Waals surface area contributed by atoms with Gasteiger partial charge in [0.1, 0.15) is 21.3 Å². The van der Waals surface area contributed by atoms with Gasteiger partial charge < -0.3 is 10.1 Å². The molecule has 3 heterocycles. The molecule has 3 aromatic heterocycles. The lowest BCUT2D eigenvalue weighted by Gasteiger charge is -2.19. The zero-order valence-electron chi connectivity index (χ0n) is 16.8. The van der Waals surface area contributed by atoms with Crippen LogP contribution in [0.1, 0.15) is 57.4 Å². The monoisotopic (exact) mass is 387 g/mol. The lowest BCUT2D eigenvalue weighted by atomic mass is 10.0. The van der Waals surface area contributed by atoms with Crippen LogP contribution in [0.15, 0.2) is 0 Å². The second-order valence-electron chi connectivity index (χ2n) is 6.66. The van der Waals surface area contributed by atoms with Crippen LogP contribution in [-0.4, -0.2) is 32.8 Å². The number of hydrogen-bond acceptors (Lipinski definition) is 7. The second-order valence-corrected chi connectivity index (χ2v) is 7.66. The molecule has 0 fully saturated rings. The van der Waals surface area contributed by atoms with Crippen LogP contribution in [0.4, 0.5) is 5.82 Å². The molecule has 0 spiro atoms. The van der Waals surface area contributed by atoms with Gasteiger partial charge in [0.15, 0.2) is 0 Å². The zero-order valence-corrected chi connectivity index (χ0v) is 17.6. The third-order valence-electron chi connectivity index (χ3n) is 4.91. The molecular weight excluding hydrogens is 362 g/mol. The summed E-state index contributed by atoms with van der Waals surface area (Å²) in [7, 11) is 3.35. The summed E-state index contributed by atoms with van der Waals surface area (Å²) in [4.78, 5) is 22.6. The molecule has 1 unspecified atom stereocenters. The fraction of sp³-hybridized carbons (Fsp3) is 0.474. The Balaban J connectivity index is 2.13. The van der Waals surface area contributed by atoms with Crippen LogP contribution in [0.5, 0.6) is 0 Å². The van der Waals surface area contributed by atoms with Crippen LogP contribution in [0, 0.1) is 27.7 Å². The lowest BCUT2D eigenvalue weighted by molar-refractivity contribution is 0.0605. The molecule has 0 saturated heterocycles. The molecule has 1 atom stereocenters. The van der Waals surface area contributed by atoms with Crippen LogP contribution in [0.25, 0.3) is 10.2 Å². The minimum Gasteiger partial charge on any atom is -0.465 e. The van der Waals surface area contributed by atoms with Gasteiger partial charge in [-0.25, -0.2) is 14.8 Å². The molecule has 0 bridgehead atoms. The summed E-state index contributed by atoms with van der Waals surface area (Å²) in [5.74, 6) is 1.07. The Bertz CT molecular complexity index is 1020. The normalized spacial score (nSPS) is 12.4. The van der Waals surface area contributed by atoms with E-state index in [9.17, 15) is 4.79 Å². The number of carbonyl (C=O) groups is 1. The van der Waals surface area contributed by atoms with Crippen molar-refractivity contribution in [1.82, 2.24) is 19.7 Å². The number of nitrogens with one attached hydrogen (secondary N) is 1. The Kier molecular flexibility index (Phi) is 5.19. The Hall–Kier alpha value is -2.48. The van der Waals surface area contributed by atoms with Gasteiger partial charge in [-0.1, -0.05) is 6.92 Å². The van der Waals surface area contributed by atoms with Crippen molar-refractivity contribution in [2.45, 2.75) is 47.1 Å². The predicted molar refractivity (Wildman–Crippen MR) is 108 cm³/mol. The Morgan fingerprint density at radius 3 is 2.52 bits per heavy atom. The van der Waals surface area contributed by atoms with Crippen molar-refractivity contribution in [2.75, 3.05) is 12.4 Å². The summed E-state index contributed by atoms with van der Waals surface area (Å²) in [6, 6.07) is 0.0667. The van der Waals surface area contributed by atoms with E-state index >= 15 is 0 Å². The predicted octanol–water partition coefficient (Wildman–Crippen LogP) is 4.01. The first-order chi connectivity index (χ1) is 12.8. The number of nitrogens with zero attached hydrogens (tertiary/aromatic N) is 4. The Labute approximate surface area is 162 Å². The zero-order chi connectivity index (χ0) is 19.9. The lowest BCUT2D eigenvalue weighted by Crippen LogP contribution is -2.14. The maximum atomic E-state index is 12.1. The van der Waals surface area contributed by atoms with Crippen LogP contribution in [0.2, 0.25) is 0 Å². The van der Waals surface area contributed by atoms with Crippen molar-refractivity contribution in [3.05, 3.63) is 33.2 Å². The number of carbonyl (C=O) groups excluding carboxylic acids is 1. The fourth-order valence-corrected chi connectivity index (χ4v) is 4.62. The first-order valence-electron chi connectivity index (χ1n) is 8.91. The summed E-state index contributed by atoms with van der Waals surface area (Å²) in [5, 5.41) is 9.01. The standard InChI is InChI=1S/C19H25N5O2S/c1-8-13(15-10(3)23-24(6)11(15)4)22-17-14-9(2)16(19(25)26-7)27-18(14)21-12(5)20-17/h13H,8H2,1-7H3,(H,20,21,22). The summed E-state index contributed by atoms with van der Waals surface area (Å²) >= 11 is 1.34. The maximum Gasteiger partial charge on any atom is 0.348 e. The third-order valence-corrected chi connectivity index (χ3v) is 6.07. The third kappa shape index (κ3) is 3.29. The van der Waals surface area contributed by atoms with Crippen molar-refractivity contribution < 1.29 is 9.53 Å². The van der Waals surface area contributed by atoms with E-state index in [4.69, 9.17) is 4.74 Å². The summed E-state index contributed by atoms with van der Waals surface area (Å²) < 4.78 is 6.82. The van der Waals surface area contributed by atoms with Crippen molar-refractivity contribution in [2.24, 2.45) is 7.05 Å². The van der Waals surface area contributed by atoms with Crippen LogP contribution < -0.4 is 5.32 Å². The van der Waals surface area contributed by atoms with Crippen molar-refractivity contribution in [3.8, 4) is 0 Å². The number of methoxy groups -OCH3 is 1. The first kappa shape index (κ1) is 19.3. The van der Waals surface area contributed by atoms with Gasteiger partial charge in [0.05, 0.1) is 24.2 Å². The van der Waals surface area contributed by atoms with E-state index in [0.29, 0.717) is 10.7 Å². The molecular formula is C19H25N5O2S. The van der Waals surface area contributed by atoms with Gasteiger partial charge in [-0.3, -0.25) is 4.68 Å². The SMILES string of the molecule is CCC(Nc1nc(C)nc2sc(C(=O)OC)c(C)c12)c1c(C)nn(C)c1C. The van der Waals surface area contributed by atoms with Crippen LogP contribution in [0.3, 0.4) is 0 Å². The van der Waals surface area contributed by atoms with Gasteiger partial charge in [0.2, 0.25) is 0 Å². The van der Waals surface area contributed by atoms with Crippen LogP contribution in [-0.2, 0) is 11.8 Å². The molecule has 0 amide bonds. The summed E-state index contributed by atoms with van der Waals surface area (Å²) in [6.07, 6.45) is 0.880. The fourth-order valence-electron chi connectivity index (χ4n) is 3.48. The topological polar surface area (TPSA) is 81.9 Å². The molecule has 0 aliphatic rings. The average molecular weight is 388 g/mol. The van der Waals surface area contributed by atoms with E-state index in [1.807, 2.05) is 32.5 Å². The molecule has 144 valence electrons.